The van der Waals surface area contributed by atoms with Crippen molar-refractivity contribution >= 4 is 29.4 Å². The first-order chi connectivity index (χ1) is 7.52. The van der Waals surface area contributed by atoms with E-state index in [0.717, 1.165) is 19.3 Å². The fraction of sp³-hybridized carbons (Fsp3) is 1.00. The van der Waals surface area contributed by atoms with E-state index in [9.17, 15) is 0 Å². The first kappa shape index (κ1) is 16.6. The van der Waals surface area contributed by atoms with Crippen molar-refractivity contribution in [3.63, 3.8) is 0 Å². The number of hydrogen-bond acceptors (Lipinski definition) is 1. The molecule has 0 rings (SSSR count). The van der Waals surface area contributed by atoms with Gasteiger partial charge in [0.25, 0.3) is 0 Å². The molecule has 0 spiro atoms. The van der Waals surface area contributed by atoms with Gasteiger partial charge in [0, 0.05) is 6.61 Å². The molecular weight excluding hydrogens is 242 g/mol. The molecule has 0 saturated heterocycles. The second kappa shape index (κ2) is 8.66. The molecule has 0 radical (unpaired) electrons. The van der Waals surface area contributed by atoms with Gasteiger partial charge in [0.05, 0.1) is 4.77 Å². The van der Waals surface area contributed by atoms with Crippen LogP contribution in [0.3, 0.4) is 0 Å². The maximum absolute atomic E-state index is 6.70. The zero-order valence-corrected chi connectivity index (χ0v) is 12.6. The molecular formula is C12H25BCl2O. The summed E-state index contributed by atoms with van der Waals surface area (Å²) < 4.78 is 5.08. The summed E-state index contributed by atoms with van der Waals surface area (Å²) in [5.74, 6) is 0.375. The molecule has 0 heterocycles. The van der Waals surface area contributed by atoms with Gasteiger partial charge in [-0.3, -0.25) is 0 Å². The first-order valence-electron chi connectivity index (χ1n) is 6.47. The van der Waals surface area contributed by atoms with Crippen LogP contribution in [0.5, 0.6) is 0 Å². The van der Waals surface area contributed by atoms with Gasteiger partial charge in [0.2, 0.25) is 0 Å². The molecule has 0 saturated carbocycles. The van der Waals surface area contributed by atoms with Crippen molar-refractivity contribution in [2.75, 3.05) is 6.61 Å². The lowest BCUT2D eigenvalue weighted by atomic mass is 9.66. The molecule has 0 amide bonds. The van der Waals surface area contributed by atoms with E-state index in [1.807, 2.05) is 6.92 Å². The molecule has 2 atom stereocenters. The summed E-state index contributed by atoms with van der Waals surface area (Å²) in [7, 11) is 0. The lowest BCUT2D eigenvalue weighted by Crippen LogP contribution is -2.45. The number of hydrogen-bond donors (Lipinski definition) is 0. The van der Waals surface area contributed by atoms with Crippen molar-refractivity contribution in [2.45, 2.75) is 64.6 Å². The van der Waals surface area contributed by atoms with Crippen LogP contribution >= 0.6 is 23.1 Å². The topological polar surface area (TPSA) is 9.23 Å². The largest absolute Gasteiger partial charge is 0.421 e. The summed E-state index contributed by atoms with van der Waals surface area (Å²) >= 11 is 13.0. The second-order valence-corrected chi connectivity index (χ2v) is 5.56. The highest BCUT2D eigenvalue weighted by molar-refractivity contribution is 7.08. The van der Waals surface area contributed by atoms with E-state index >= 15 is 0 Å². The van der Waals surface area contributed by atoms with Gasteiger partial charge in [-0.15, -0.1) is 11.6 Å². The van der Waals surface area contributed by atoms with E-state index in [0.29, 0.717) is 12.5 Å². The third-order valence-corrected chi connectivity index (χ3v) is 4.67. The first-order valence-corrected chi connectivity index (χ1v) is 7.28. The molecule has 0 aromatic rings. The van der Waals surface area contributed by atoms with Crippen LogP contribution in [0, 0.1) is 5.92 Å². The minimum atomic E-state index is -0.415. The number of rotatable bonds is 9. The van der Waals surface area contributed by atoms with Crippen molar-refractivity contribution in [2.24, 2.45) is 5.92 Å². The summed E-state index contributed by atoms with van der Waals surface area (Å²) in [6.45, 7) is 9.08. The van der Waals surface area contributed by atoms with Gasteiger partial charge < -0.3 is 4.65 Å². The van der Waals surface area contributed by atoms with Crippen LogP contribution in [0.1, 0.15) is 59.8 Å². The van der Waals surface area contributed by atoms with E-state index in [-0.39, 0.29) is 6.33 Å². The zero-order valence-electron chi connectivity index (χ0n) is 11.1. The molecule has 16 heavy (non-hydrogen) atoms. The van der Waals surface area contributed by atoms with Crippen molar-refractivity contribution < 1.29 is 4.65 Å². The zero-order chi connectivity index (χ0) is 12.6. The Morgan fingerprint density at radius 3 is 2.31 bits per heavy atom. The Morgan fingerprint density at radius 1 is 1.25 bits per heavy atom. The van der Waals surface area contributed by atoms with Crippen molar-refractivity contribution in [3.05, 3.63) is 0 Å². The lowest BCUT2D eigenvalue weighted by Gasteiger charge is -2.34. The minimum Gasteiger partial charge on any atom is -0.421 e. The third-order valence-electron chi connectivity index (χ3n) is 3.29. The van der Waals surface area contributed by atoms with Gasteiger partial charge in [-0.05, 0) is 19.3 Å². The maximum atomic E-state index is 6.70. The van der Waals surface area contributed by atoms with Gasteiger partial charge in [-0.1, -0.05) is 46.5 Å². The van der Waals surface area contributed by atoms with Gasteiger partial charge in [0.1, 0.15) is 0 Å². The van der Waals surface area contributed by atoms with E-state index in [4.69, 9.17) is 27.7 Å². The van der Waals surface area contributed by atoms with E-state index in [1.165, 1.54) is 12.8 Å². The Labute approximate surface area is 111 Å². The van der Waals surface area contributed by atoms with Crippen LogP contribution in [0.4, 0.5) is 0 Å². The van der Waals surface area contributed by atoms with Crippen molar-refractivity contribution in [1.82, 2.24) is 0 Å². The van der Waals surface area contributed by atoms with Crippen LogP contribution < -0.4 is 0 Å². The Kier molecular flexibility index (Phi) is 8.99. The van der Waals surface area contributed by atoms with Gasteiger partial charge in [-0.2, -0.15) is 11.5 Å². The van der Waals surface area contributed by atoms with Crippen LogP contribution in [-0.4, -0.2) is 17.7 Å². The summed E-state index contributed by atoms with van der Waals surface area (Å²) in [6, 6.07) is 0. The Bertz CT molecular complexity index is 180. The molecule has 0 aliphatic carbocycles. The predicted molar refractivity (Wildman–Crippen MR) is 75.4 cm³/mol. The third kappa shape index (κ3) is 4.85. The highest BCUT2D eigenvalue weighted by atomic mass is 35.5. The Balaban J connectivity index is 4.46. The van der Waals surface area contributed by atoms with Crippen LogP contribution in [-0.2, 0) is 4.65 Å². The van der Waals surface area contributed by atoms with Gasteiger partial charge >= 0.3 is 6.33 Å². The Morgan fingerprint density at radius 2 is 1.88 bits per heavy atom. The molecule has 0 N–H and O–H groups in total. The average Bonchev–Trinajstić information content (AvgIpc) is 2.28. The fourth-order valence-corrected chi connectivity index (χ4v) is 2.65. The molecule has 0 bridgehead atoms. The number of alkyl halides is 1. The van der Waals surface area contributed by atoms with Crippen LogP contribution in [0.2, 0.25) is 0 Å². The van der Waals surface area contributed by atoms with Gasteiger partial charge in [-0.25, -0.2) is 0 Å². The minimum absolute atomic E-state index is 0.375. The average molecular weight is 267 g/mol. The molecule has 1 nitrogen and oxygen atoms in total. The SMILES string of the molecule is CCCCCC(Cl)(B(Cl)OCC)C(C)CC. The molecule has 96 valence electrons. The monoisotopic (exact) mass is 266 g/mol. The molecule has 0 fully saturated rings. The highest BCUT2D eigenvalue weighted by Crippen LogP contribution is 2.37. The molecule has 0 aliphatic rings. The lowest BCUT2D eigenvalue weighted by molar-refractivity contribution is 0.315. The molecule has 2 unspecified atom stereocenters. The van der Waals surface area contributed by atoms with E-state index in [1.54, 1.807) is 0 Å². The summed E-state index contributed by atoms with van der Waals surface area (Å²) in [4.78, 5) is 0. The number of unbranched alkanes of at least 4 members (excludes halogenated alkanes) is 2. The molecule has 4 heteroatoms. The van der Waals surface area contributed by atoms with E-state index < -0.39 is 4.77 Å². The molecule has 0 aromatic carbocycles. The van der Waals surface area contributed by atoms with Crippen LogP contribution in [0.15, 0.2) is 0 Å². The maximum Gasteiger partial charge on any atom is 0.420 e. The molecule has 0 aliphatic heterocycles. The summed E-state index contributed by atoms with van der Waals surface area (Å²) in [6.07, 6.45) is 5.12. The molecule has 0 aromatic heterocycles. The van der Waals surface area contributed by atoms with Gasteiger partial charge in [0.15, 0.2) is 0 Å². The fourth-order valence-electron chi connectivity index (χ4n) is 1.85. The summed E-state index contributed by atoms with van der Waals surface area (Å²) in [5.41, 5.74) is 0. The van der Waals surface area contributed by atoms with Crippen LogP contribution in [0.25, 0.3) is 0 Å². The van der Waals surface area contributed by atoms with E-state index in [2.05, 4.69) is 20.8 Å². The standard InChI is InChI=1S/C12H25BCl2O/c1-5-8-9-10-12(14,11(4)6-2)13(15)16-7-3/h11H,5-10H2,1-4H3. The van der Waals surface area contributed by atoms with Crippen molar-refractivity contribution in [3.8, 4) is 0 Å². The summed E-state index contributed by atoms with van der Waals surface area (Å²) in [5, 5.41) is 0. The quantitative estimate of drug-likeness (QED) is 0.328. The number of halogens is 2. The smallest absolute Gasteiger partial charge is 0.420 e. The van der Waals surface area contributed by atoms with Crippen molar-refractivity contribution in [1.29, 1.82) is 0 Å². The predicted octanol–water partition coefficient (Wildman–Crippen LogP) is 4.89. The normalized spacial score (nSPS) is 16.9. The highest BCUT2D eigenvalue weighted by Gasteiger charge is 2.44. The second-order valence-electron chi connectivity index (χ2n) is 4.46. The Hall–Kier alpha value is 0.605.